The molecule has 4 nitrogen and oxygen atoms in total. The Hall–Kier alpha value is -1.55. The number of ether oxygens (including phenoxy) is 1. The van der Waals surface area contributed by atoms with E-state index in [1.165, 1.54) is 0 Å². The van der Waals surface area contributed by atoms with Gasteiger partial charge < -0.3 is 15.6 Å². The summed E-state index contributed by atoms with van der Waals surface area (Å²) in [6.07, 6.45) is 0.957. The topological polar surface area (TPSA) is 72.5 Å². The van der Waals surface area contributed by atoms with Crippen LogP contribution in [0.25, 0.3) is 0 Å². The van der Waals surface area contributed by atoms with E-state index in [1.807, 2.05) is 31.2 Å². The molecule has 0 unspecified atom stereocenters. The zero-order valence-corrected chi connectivity index (χ0v) is 9.85. The molecular weight excluding hydrogens is 218 g/mol. The number of nitrogens with two attached hydrogens (primary N) is 1. The summed E-state index contributed by atoms with van der Waals surface area (Å²) < 4.78 is 5.50. The molecule has 92 valence electrons. The van der Waals surface area contributed by atoms with Gasteiger partial charge >= 0.3 is 5.97 Å². The fourth-order valence-corrected chi connectivity index (χ4v) is 2.49. The summed E-state index contributed by atoms with van der Waals surface area (Å²) in [7, 11) is 0. The Morgan fingerprint density at radius 3 is 2.71 bits per heavy atom. The van der Waals surface area contributed by atoms with Gasteiger partial charge in [-0.05, 0) is 25.8 Å². The minimum absolute atomic E-state index is 0.0271. The first-order valence-electron chi connectivity index (χ1n) is 5.81. The largest absolute Gasteiger partial charge is 0.494 e. The van der Waals surface area contributed by atoms with Crippen molar-refractivity contribution >= 4 is 5.97 Å². The van der Waals surface area contributed by atoms with Gasteiger partial charge in [-0.2, -0.15) is 0 Å². The summed E-state index contributed by atoms with van der Waals surface area (Å²) in [6, 6.07) is 7.30. The molecule has 0 spiro atoms. The normalized spacial score (nSPS) is 27.3. The highest BCUT2D eigenvalue weighted by molar-refractivity contribution is 5.84. The van der Waals surface area contributed by atoms with Crippen LogP contribution in [0.15, 0.2) is 24.3 Å². The van der Waals surface area contributed by atoms with Gasteiger partial charge in [0.1, 0.15) is 5.75 Å². The summed E-state index contributed by atoms with van der Waals surface area (Å²) in [5, 5.41) is 9.44. The molecule has 0 aromatic heterocycles. The van der Waals surface area contributed by atoms with Crippen LogP contribution in [-0.2, 0) is 10.2 Å². The molecule has 0 heterocycles. The number of carboxylic acids is 1. The monoisotopic (exact) mass is 235 g/mol. The van der Waals surface area contributed by atoms with Gasteiger partial charge in [0.05, 0.1) is 12.0 Å². The number of rotatable bonds is 4. The second-order valence-corrected chi connectivity index (χ2v) is 4.48. The lowest BCUT2D eigenvalue weighted by molar-refractivity contribution is -0.148. The highest BCUT2D eigenvalue weighted by Gasteiger charge is 2.51. The lowest BCUT2D eigenvalue weighted by Gasteiger charge is -2.43. The molecule has 0 bridgehead atoms. The number of hydrogen-bond donors (Lipinski definition) is 2. The smallest absolute Gasteiger partial charge is 0.314 e. The summed E-state index contributed by atoms with van der Waals surface area (Å²) in [6.45, 7) is 2.41. The summed E-state index contributed by atoms with van der Waals surface area (Å²) in [5.74, 6) is -0.157. The van der Waals surface area contributed by atoms with Gasteiger partial charge in [0.2, 0.25) is 0 Å². The Labute approximate surface area is 100 Å². The molecule has 17 heavy (non-hydrogen) atoms. The van der Waals surface area contributed by atoms with E-state index >= 15 is 0 Å². The Morgan fingerprint density at radius 1 is 1.53 bits per heavy atom. The lowest BCUT2D eigenvalue weighted by Crippen LogP contribution is -2.54. The molecular formula is C13H17NO3. The van der Waals surface area contributed by atoms with E-state index in [-0.39, 0.29) is 6.04 Å². The van der Waals surface area contributed by atoms with Gasteiger partial charge in [-0.15, -0.1) is 0 Å². The average molecular weight is 235 g/mol. The van der Waals surface area contributed by atoms with Crippen molar-refractivity contribution in [3.63, 3.8) is 0 Å². The third kappa shape index (κ3) is 1.89. The fourth-order valence-electron chi connectivity index (χ4n) is 2.49. The van der Waals surface area contributed by atoms with Crippen LogP contribution in [0.4, 0.5) is 0 Å². The van der Waals surface area contributed by atoms with Crippen LogP contribution in [0.5, 0.6) is 5.75 Å². The zero-order valence-electron chi connectivity index (χ0n) is 9.85. The molecule has 0 aliphatic heterocycles. The second-order valence-electron chi connectivity index (χ2n) is 4.48. The molecule has 0 amide bonds. The molecule has 1 fully saturated rings. The highest BCUT2D eigenvalue weighted by atomic mass is 16.5. The first-order chi connectivity index (χ1) is 8.10. The van der Waals surface area contributed by atoms with E-state index in [0.29, 0.717) is 25.2 Å². The Balaban J connectivity index is 2.40. The van der Waals surface area contributed by atoms with Crippen LogP contribution in [0.2, 0.25) is 0 Å². The van der Waals surface area contributed by atoms with Crippen molar-refractivity contribution in [1.82, 2.24) is 0 Å². The lowest BCUT2D eigenvalue weighted by atomic mass is 9.61. The number of para-hydroxylation sites is 1. The highest BCUT2D eigenvalue weighted by Crippen LogP contribution is 2.46. The predicted molar refractivity (Wildman–Crippen MR) is 64.1 cm³/mol. The van der Waals surface area contributed by atoms with Crippen molar-refractivity contribution in [2.75, 3.05) is 6.61 Å². The van der Waals surface area contributed by atoms with Crippen LogP contribution >= 0.6 is 0 Å². The van der Waals surface area contributed by atoms with Crippen molar-refractivity contribution < 1.29 is 14.6 Å². The predicted octanol–water partition coefficient (Wildman–Crippen LogP) is 1.53. The quantitative estimate of drug-likeness (QED) is 0.830. The van der Waals surface area contributed by atoms with E-state index in [9.17, 15) is 9.90 Å². The maximum atomic E-state index is 11.5. The Bertz CT molecular complexity index is 424. The van der Waals surface area contributed by atoms with E-state index in [2.05, 4.69) is 0 Å². The second kappa shape index (κ2) is 4.37. The van der Waals surface area contributed by atoms with Crippen molar-refractivity contribution in [3.8, 4) is 5.75 Å². The van der Waals surface area contributed by atoms with Crippen LogP contribution in [0.3, 0.4) is 0 Å². The van der Waals surface area contributed by atoms with Crippen molar-refractivity contribution in [1.29, 1.82) is 0 Å². The van der Waals surface area contributed by atoms with Crippen molar-refractivity contribution in [2.45, 2.75) is 31.2 Å². The first-order valence-corrected chi connectivity index (χ1v) is 5.81. The number of benzene rings is 1. The Kier molecular flexibility index (Phi) is 3.07. The standard InChI is InChI=1S/C13H17NO3/c1-2-17-11-6-4-3-5-10(11)13(12(15)16)7-9(14)8-13/h3-6,9H,2,7-8,14H2,1H3,(H,15,16). The number of carbonyl (C=O) groups is 1. The van der Waals surface area contributed by atoms with Crippen LogP contribution < -0.4 is 10.5 Å². The van der Waals surface area contributed by atoms with Gasteiger partial charge in [0.15, 0.2) is 0 Å². The first kappa shape index (κ1) is 11.9. The summed E-state index contributed by atoms with van der Waals surface area (Å²) in [4.78, 5) is 11.5. The van der Waals surface area contributed by atoms with Crippen LogP contribution in [0.1, 0.15) is 25.3 Å². The average Bonchev–Trinajstić information content (AvgIpc) is 2.25. The molecule has 1 aromatic carbocycles. The van der Waals surface area contributed by atoms with Gasteiger partial charge in [0, 0.05) is 11.6 Å². The fraction of sp³-hybridized carbons (Fsp3) is 0.462. The molecule has 1 aliphatic carbocycles. The van der Waals surface area contributed by atoms with Crippen LogP contribution in [0, 0.1) is 0 Å². The zero-order chi connectivity index (χ0) is 12.5. The molecule has 4 heteroatoms. The van der Waals surface area contributed by atoms with Crippen molar-refractivity contribution in [2.24, 2.45) is 5.73 Å². The molecule has 3 N–H and O–H groups in total. The number of hydrogen-bond acceptors (Lipinski definition) is 3. The molecule has 0 saturated heterocycles. The van der Waals surface area contributed by atoms with Crippen LogP contribution in [-0.4, -0.2) is 23.7 Å². The molecule has 1 saturated carbocycles. The van der Waals surface area contributed by atoms with Gasteiger partial charge in [0.25, 0.3) is 0 Å². The van der Waals surface area contributed by atoms with Crippen molar-refractivity contribution in [3.05, 3.63) is 29.8 Å². The molecule has 2 rings (SSSR count). The Morgan fingerprint density at radius 2 is 2.18 bits per heavy atom. The van der Waals surface area contributed by atoms with E-state index in [0.717, 1.165) is 5.56 Å². The van der Waals surface area contributed by atoms with E-state index in [4.69, 9.17) is 10.5 Å². The third-order valence-corrected chi connectivity index (χ3v) is 3.33. The van der Waals surface area contributed by atoms with Gasteiger partial charge in [-0.25, -0.2) is 0 Å². The summed E-state index contributed by atoms with van der Waals surface area (Å²) in [5.41, 5.74) is 5.64. The molecule has 0 atom stereocenters. The van der Waals surface area contributed by atoms with Gasteiger partial charge in [-0.1, -0.05) is 18.2 Å². The van der Waals surface area contributed by atoms with Gasteiger partial charge in [-0.3, -0.25) is 4.79 Å². The summed E-state index contributed by atoms with van der Waals surface area (Å²) >= 11 is 0. The minimum Gasteiger partial charge on any atom is -0.494 e. The SMILES string of the molecule is CCOc1ccccc1C1(C(=O)O)CC(N)C1. The minimum atomic E-state index is -0.856. The third-order valence-electron chi connectivity index (χ3n) is 3.33. The van der Waals surface area contributed by atoms with E-state index in [1.54, 1.807) is 0 Å². The molecule has 1 aromatic rings. The number of aliphatic carboxylic acids is 1. The maximum absolute atomic E-state index is 11.5. The molecule has 0 radical (unpaired) electrons. The van der Waals surface area contributed by atoms with E-state index < -0.39 is 11.4 Å². The molecule has 1 aliphatic rings. The maximum Gasteiger partial charge on any atom is 0.314 e. The number of carboxylic acid groups (broad SMARTS) is 1.